The molecular formula is C46H80F12I2. The molecule has 362 valence electrons. The molecule has 0 radical (unpaired) electrons. The molecule has 60 heavy (non-hydrogen) atoms. The van der Waals surface area contributed by atoms with Crippen LogP contribution in [0.4, 0.5) is 52.7 Å². The van der Waals surface area contributed by atoms with Gasteiger partial charge in [0.05, 0.1) is 0 Å². The van der Waals surface area contributed by atoms with Crippen LogP contribution in [0.25, 0.3) is 0 Å². The summed E-state index contributed by atoms with van der Waals surface area (Å²) in [7, 11) is 0. The molecule has 0 aliphatic carbocycles. The normalized spacial score (nSPS) is 14.6. The molecule has 0 amide bonds. The highest BCUT2D eigenvalue weighted by Crippen LogP contribution is 2.61. The Kier molecular flexibility index (Phi) is 33.5. The van der Waals surface area contributed by atoms with Crippen LogP contribution < -0.4 is 0 Å². The van der Waals surface area contributed by atoms with Gasteiger partial charge in [0.25, 0.3) is 0 Å². The average Bonchev–Trinajstić information content (AvgIpc) is 3.16. The van der Waals surface area contributed by atoms with Gasteiger partial charge in [-0.05, 0) is 12.8 Å². The maximum Gasteiger partial charge on any atom is 0.384 e. The van der Waals surface area contributed by atoms with Gasteiger partial charge in [-0.1, -0.05) is 264 Å². The Hall–Kier alpha value is 0.620. The first kappa shape index (κ1) is 60.6. The van der Waals surface area contributed by atoms with Crippen LogP contribution in [0.3, 0.4) is 0 Å². The lowest BCUT2D eigenvalue weighted by atomic mass is 9.88. The summed E-state index contributed by atoms with van der Waals surface area (Å²) in [5.41, 5.74) is 0. The highest BCUT2D eigenvalue weighted by Gasteiger charge is 2.89. The third-order valence-corrected chi connectivity index (χ3v) is 13.9. The fourth-order valence-electron chi connectivity index (χ4n) is 7.70. The molecule has 2 unspecified atom stereocenters. The second kappa shape index (κ2) is 33.1. The molecule has 0 aliphatic heterocycles. The predicted octanol–water partition coefficient (Wildman–Crippen LogP) is 20.5. The molecule has 0 aliphatic rings. The van der Waals surface area contributed by atoms with E-state index < -0.39 is 56.2 Å². The molecule has 0 spiro atoms. The molecule has 0 bridgehead atoms. The highest BCUT2D eigenvalue weighted by atomic mass is 127. The van der Waals surface area contributed by atoms with Crippen LogP contribution >= 0.6 is 45.2 Å². The number of unbranched alkanes of at least 4 members (excludes halogenated alkanes) is 30. The molecule has 0 aromatic rings. The molecule has 0 nitrogen and oxygen atoms in total. The van der Waals surface area contributed by atoms with E-state index in [1.165, 1.54) is 148 Å². The van der Waals surface area contributed by atoms with Crippen LogP contribution in [0.2, 0.25) is 0 Å². The smallest absolute Gasteiger partial charge is 0.200 e. The maximum absolute atomic E-state index is 14.7. The summed E-state index contributed by atoms with van der Waals surface area (Å²) >= 11 is 2.63. The van der Waals surface area contributed by atoms with Gasteiger partial charge in [-0.3, -0.25) is 0 Å². The van der Waals surface area contributed by atoms with Crippen molar-refractivity contribution in [3.8, 4) is 0 Å². The van der Waals surface area contributed by atoms with Crippen molar-refractivity contribution in [2.75, 3.05) is 0 Å². The van der Waals surface area contributed by atoms with Crippen molar-refractivity contribution in [1.29, 1.82) is 0 Å². The summed E-state index contributed by atoms with van der Waals surface area (Å²) in [6, 6.07) is 0. The van der Waals surface area contributed by atoms with E-state index in [0.717, 1.165) is 77.0 Å². The SMILES string of the molecule is CCCCCCCCCCCCCCCCCCC(I)CC(F)(F)C(F)(F)C(F)(F)C(F)(F)C(F)(F)C(F)(F)CC(I)CCCCCCCCCCCCCCCCCC. The second-order valence-corrected chi connectivity index (χ2v) is 21.0. The number of hydrogen-bond acceptors (Lipinski definition) is 0. The van der Waals surface area contributed by atoms with Gasteiger partial charge in [-0.15, -0.1) is 0 Å². The summed E-state index contributed by atoms with van der Waals surface area (Å²) < 4.78 is 173. The Morgan fingerprint density at radius 1 is 0.267 bits per heavy atom. The maximum atomic E-state index is 14.7. The van der Waals surface area contributed by atoms with Crippen LogP contribution in [0.1, 0.15) is 245 Å². The lowest BCUT2D eigenvalue weighted by Crippen LogP contribution is -2.70. The first-order valence-corrected chi connectivity index (χ1v) is 26.2. The molecule has 0 saturated carbocycles. The van der Waals surface area contributed by atoms with E-state index in [1.54, 1.807) is 0 Å². The molecule has 0 heterocycles. The van der Waals surface area contributed by atoms with Gasteiger partial charge >= 0.3 is 35.5 Å². The Balaban J connectivity index is 4.63. The van der Waals surface area contributed by atoms with Crippen LogP contribution in [-0.2, 0) is 0 Å². The van der Waals surface area contributed by atoms with E-state index in [-0.39, 0.29) is 25.7 Å². The third kappa shape index (κ3) is 23.2. The van der Waals surface area contributed by atoms with Gasteiger partial charge in [0.1, 0.15) is 0 Å². The Bertz CT molecular complexity index is 934. The molecular weight excluding hydrogens is 1030 g/mol. The van der Waals surface area contributed by atoms with E-state index in [2.05, 4.69) is 13.8 Å². The molecule has 14 heteroatoms. The minimum Gasteiger partial charge on any atom is -0.200 e. The van der Waals surface area contributed by atoms with Crippen molar-refractivity contribution in [1.82, 2.24) is 0 Å². The summed E-state index contributed by atoms with van der Waals surface area (Å²) in [4.78, 5) is 0. The van der Waals surface area contributed by atoms with Gasteiger partial charge in [0.15, 0.2) is 0 Å². The molecule has 0 fully saturated rings. The molecule has 2 atom stereocenters. The minimum absolute atomic E-state index is 0.128. The van der Waals surface area contributed by atoms with Gasteiger partial charge in [0.2, 0.25) is 0 Å². The van der Waals surface area contributed by atoms with E-state index in [4.69, 9.17) is 0 Å². The third-order valence-electron chi connectivity index (χ3n) is 11.8. The molecule has 0 rings (SSSR count). The Morgan fingerprint density at radius 2 is 0.433 bits per heavy atom. The van der Waals surface area contributed by atoms with E-state index in [1.807, 2.05) is 0 Å². The number of alkyl halides is 14. The lowest BCUT2D eigenvalue weighted by molar-refractivity contribution is -0.425. The van der Waals surface area contributed by atoms with Crippen LogP contribution in [-0.4, -0.2) is 43.4 Å². The Morgan fingerprint density at radius 3 is 0.617 bits per heavy atom. The van der Waals surface area contributed by atoms with Crippen molar-refractivity contribution in [2.24, 2.45) is 0 Å². The van der Waals surface area contributed by atoms with Crippen LogP contribution in [0.15, 0.2) is 0 Å². The zero-order chi connectivity index (χ0) is 45.6. The fourth-order valence-corrected chi connectivity index (χ4v) is 9.69. The van der Waals surface area contributed by atoms with Gasteiger partial charge < -0.3 is 0 Å². The summed E-state index contributed by atoms with van der Waals surface area (Å²) in [5, 5.41) is 0. The number of rotatable bonds is 43. The summed E-state index contributed by atoms with van der Waals surface area (Å²) in [5.74, 6) is -40.8. The molecule has 0 aromatic carbocycles. The topological polar surface area (TPSA) is 0 Å². The Labute approximate surface area is 384 Å². The van der Waals surface area contributed by atoms with Gasteiger partial charge in [-0.2, -0.15) is 52.7 Å². The van der Waals surface area contributed by atoms with Crippen molar-refractivity contribution >= 4 is 45.2 Å². The zero-order valence-corrected chi connectivity index (χ0v) is 41.2. The van der Waals surface area contributed by atoms with E-state index in [0.29, 0.717) is 12.8 Å². The highest BCUT2D eigenvalue weighted by molar-refractivity contribution is 14.1. The van der Waals surface area contributed by atoms with Crippen molar-refractivity contribution in [2.45, 2.75) is 288 Å². The molecule has 0 aromatic heterocycles. The first-order chi connectivity index (χ1) is 28.2. The number of hydrogen-bond donors (Lipinski definition) is 0. The summed E-state index contributed by atoms with van der Waals surface area (Å²) in [6.45, 7) is 4.39. The number of halogens is 14. The molecule has 0 N–H and O–H groups in total. The average molecular weight is 1110 g/mol. The van der Waals surface area contributed by atoms with Crippen molar-refractivity contribution in [3.63, 3.8) is 0 Å². The first-order valence-electron chi connectivity index (χ1n) is 23.7. The monoisotopic (exact) mass is 1110 g/mol. The predicted molar refractivity (Wildman–Crippen MR) is 243 cm³/mol. The van der Waals surface area contributed by atoms with Crippen LogP contribution in [0, 0.1) is 0 Å². The van der Waals surface area contributed by atoms with Crippen molar-refractivity contribution in [3.05, 3.63) is 0 Å². The van der Waals surface area contributed by atoms with Gasteiger partial charge in [-0.25, -0.2) is 0 Å². The van der Waals surface area contributed by atoms with E-state index in [9.17, 15) is 52.7 Å². The largest absolute Gasteiger partial charge is 0.384 e. The minimum atomic E-state index is -7.49. The van der Waals surface area contributed by atoms with Gasteiger partial charge in [0, 0.05) is 20.7 Å². The zero-order valence-electron chi connectivity index (χ0n) is 36.9. The van der Waals surface area contributed by atoms with E-state index >= 15 is 0 Å². The van der Waals surface area contributed by atoms with Crippen LogP contribution in [0.5, 0.6) is 0 Å². The summed E-state index contributed by atoms with van der Waals surface area (Å²) in [6.07, 6.45) is 29.3. The second-order valence-electron chi connectivity index (χ2n) is 17.5. The van der Waals surface area contributed by atoms with Crippen molar-refractivity contribution < 1.29 is 52.7 Å². The quantitative estimate of drug-likeness (QED) is 0.0247. The molecule has 0 saturated heterocycles. The standard InChI is InChI=1S/C46H80F12I2/c1-3-5-7-9-11-13-15-17-19-21-23-25-27-29-31-33-35-39(59)37-41(47,48)43(51,52)45(55,56)46(57,58)44(53,54)42(49,50)38-40(60)36-34-32-30-28-26-24-22-20-18-16-14-12-10-8-6-4-2/h39-40H,3-38H2,1-2H3. The lowest BCUT2D eigenvalue weighted by Gasteiger charge is -2.42. The fraction of sp³-hybridized carbons (Fsp3) is 1.00.